The fourth-order valence-electron chi connectivity index (χ4n) is 2.66. The number of amides is 3. The summed E-state index contributed by atoms with van der Waals surface area (Å²) >= 11 is 7.35. The van der Waals surface area contributed by atoms with Gasteiger partial charge < -0.3 is 5.32 Å². The van der Waals surface area contributed by atoms with Crippen molar-refractivity contribution in [2.24, 2.45) is 0 Å². The van der Waals surface area contributed by atoms with E-state index in [9.17, 15) is 14.4 Å². The fourth-order valence-corrected chi connectivity index (χ4v) is 3.72. The number of nitrogens with one attached hydrogen (secondary N) is 1. The van der Waals surface area contributed by atoms with E-state index in [-0.39, 0.29) is 43.1 Å². The number of carbonyl (C=O) groups is 3. The average molecular weight is 377 g/mol. The molecule has 3 amide bonds. The molecule has 5 nitrogen and oxygen atoms in total. The van der Waals surface area contributed by atoms with Crippen LogP contribution in [0.15, 0.2) is 36.4 Å². The van der Waals surface area contributed by atoms with Gasteiger partial charge in [-0.25, -0.2) is 0 Å². The zero-order chi connectivity index (χ0) is 18.0. The van der Waals surface area contributed by atoms with Crippen molar-refractivity contribution in [1.29, 1.82) is 0 Å². The van der Waals surface area contributed by atoms with Gasteiger partial charge in [0.1, 0.15) is 0 Å². The van der Waals surface area contributed by atoms with Gasteiger partial charge in [-0.3, -0.25) is 19.3 Å². The molecule has 1 fully saturated rings. The van der Waals surface area contributed by atoms with E-state index in [1.807, 2.05) is 13.0 Å². The Hall–Kier alpha value is -2.18. The Balaban J connectivity index is 1.62. The number of hydrogen-bond acceptors (Lipinski definition) is 4. The van der Waals surface area contributed by atoms with Crippen molar-refractivity contribution < 1.29 is 14.4 Å². The predicted molar refractivity (Wildman–Crippen MR) is 96.4 cm³/mol. The zero-order valence-electron chi connectivity index (χ0n) is 13.6. The molecule has 1 saturated heterocycles. The van der Waals surface area contributed by atoms with Crippen LogP contribution < -0.4 is 5.32 Å². The first-order valence-corrected chi connectivity index (χ1v) is 9.11. The summed E-state index contributed by atoms with van der Waals surface area (Å²) in [7, 11) is 0. The van der Waals surface area contributed by atoms with Gasteiger partial charge >= 0.3 is 0 Å². The monoisotopic (exact) mass is 376 g/mol. The minimum absolute atomic E-state index is 0.135. The van der Waals surface area contributed by atoms with Gasteiger partial charge in [-0.1, -0.05) is 23.7 Å². The third-order valence-corrected chi connectivity index (χ3v) is 5.49. The average Bonchev–Trinajstić information content (AvgIpc) is 3.16. The Morgan fingerprint density at radius 2 is 1.80 bits per heavy atom. The van der Waals surface area contributed by atoms with Gasteiger partial charge in [0.2, 0.25) is 11.8 Å². The first-order valence-electron chi connectivity index (χ1n) is 7.92. The van der Waals surface area contributed by atoms with E-state index in [0.29, 0.717) is 9.90 Å². The maximum atomic E-state index is 12.3. The number of halogens is 1. The summed E-state index contributed by atoms with van der Waals surface area (Å²) < 4.78 is 0.687. The van der Waals surface area contributed by atoms with Gasteiger partial charge in [0.15, 0.2) is 0 Å². The van der Waals surface area contributed by atoms with Crippen LogP contribution in [0.4, 0.5) is 0 Å². The highest BCUT2D eigenvalue weighted by molar-refractivity contribution is 7.16. The minimum atomic E-state index is -0.183. The molecule has 1 aromatic carbocycles. The van der Waals surface area contributed by atoms with Crippen molar-refractivity contribution >= 4 is 40.7 Å². The number of benzene rings is 1. The first-order chi connectivity index (χ1) is 11.9. The van der Waals surface area contributed by atoms with Crippen molar-refractivity contribution in [2.75, 3.05) is 0 Å². The smallest absolute Gasteiger partial charge is 0.251 e. The molecule has 1 N–H and O–H groups in total. The minimum Gasteiger partial charge on any atom is -0.345 e. The highest BCUT2D eigenvalue weighted by atomic mass is 35.5. The highest BCUT2D eigenvalue weighted by Gasteiger charge is 2.28. The molecule has 1 unspecified atom stereocenters. The van der Waals surface area contributed by atoms with E-state index in [4.69, 9.17) is 11.6 Å². The Morgan fingerprint density at radius 3 is 2.36 bits per heavy atom. The summed E-state index contributed by atoms with van der Waals surface area (Å²) in [6.07, 6.45) is 0.563. The van der Waals surface area contributed by atoms with Crippen molar-refractivity contribution in [1.82, 2.24) is 10.2 Å². The predicted octanol–water partition coefficient (Wildman–Crippen LogP) is 3.54. The Labute approximate surface area is 154 Å². The second-order valence-corrected chi connectivity index (χ2v) is 7.65. The number of hydrogen-bond donors (Lipinski definition) is 1. The van der Waals surface area contributed by atoms with Crippen molar-refractivity contribution in [3.8, 4) is 0 Å². The summed E-state index contributed by atoms with van der Waals surface area (Å²) in [6.45, 7) is 2.16. The van der Waals surface area contributed by atoms with Crippen LogP contribution in [0.25, 0.3) is 0 Å². The van der Waals surface area contributed by atoms with Crippen LogP contribution in [0.5, 0.6) is 0 Å². The SMILES string of the molecule is CC(NC(=O)c1ccc(CN2C(=O)CCC2=O)cc1)c1ccc(Cl)s1. The molecule has 0 saturated carbocycles. The van der Waals surface area contributed by atoms with Crippen LogP contribution in [0, 0.1) is 0 Å². The molecule has 1 aliphatic heterocycles. The van der Waals surface area contributed by atoms with Crippen molar-refractivity contribution in [3.05, 3.63) is 56.7 Å². The van der Waals surface area contributed by atoms with Crippen LogP contribution >= 0.6 is 22.9 Å². The molecule has 1 aliphatic rings. The number of thiophene rings is 1. The Morgan fingerprint density at radius 1 is 1.16 bits per heavy atom. The quantitative estimate of drug-likeness (QED) is 0.811. The largest absolute Gasteiger partial charge is 0.345 e. The topological polar surface area (TPSA) is 66.5 Å². The Bertz CT molecular complexity index is 800. The molecule has 1 aromatic heterocycles. The molecule has 3 rings (SSSR count). The van der Waals surface area contributed by atoms with Gasteiger partial charge in [-0.15, -0.1) is 11.3 Å². The second-order valence-electron chi connectivity index (χ2n) is 5.91. The molecule has 0 aliphatic carbocycles. The third kappa shape index (κ3) is 4.08. The lowest BCUT2D eigenvalue weighted by Crippen LogP contribution is -2.28. The molecule has 0 bridgehead atoms. The lowest BCUT2D eigenvalue weighted by Gasteiger charge is -2.15. The van der Waals surface area contributed by atoms with Gasteiger partial charge in [0.05, 0.1) is 16.9 Å². The molecule has 25 heavy (non-hydrogen) atoms. The molecule has 0 radical (unpaired) electrons. The standard InChI is InChI=1S/C18H17ClN2O3S/c1-11(14-6-7-15(19)25-14)20-18(24)13-4-2-12(3-5-13)10-21-16(22)8-9-17(21)23/h2-7,11H,8-10H2,1H3,(H,20,24). The van der Waals surface area contributed by atoms with E-state index in [2.05, 4.69) is 5.32 Å². The molecule has 7 heteroatoms. The normalized spacial score (nSPS) is 15.5. The second kappa shape index (κ2) is 7.37. The lowest BCUT2D eigenvalue weighted by atomic mass is 10.1. The number of rotatable bonds is 5. The summed E-state index contributed by atoms with van der Waals surface area (Å²) in [4.78, 5) is 37.9. The van der Waals surface area contributed by atoms with E-state index >= 15 is 0 Å². The van der Waals surface area contributed by atoms with Crippen molar-refractivity contribution in [2.45, 2.75) is 32.4 Å². The zero-order valence-corrected chi connectivity index (χ0v) is 15.2. The van der Waals surface area contributed by atoms with Crippen LogP contribution in [0.1, 0.15) is 46.6 Å². The van der Waals surface area contributed by atoms with E-state index in [1.54, 1.807) is 30.3 Å². The molecule has 0 spiro atoms. The maximum absolute atomic E-state index is 12.3. The maximum Gasteiger partial charge on any atom is 0.251 e. The van der Waals surface area contributed by atoms with Gasteiger partial charge in [-0.05, 0) is 36.8 Å². The van der Waals surface area contributed by atoms with E-state index in [0.717, 1.165) is 10.4 Å². The molecule has 2 heterocycles. The lowest BCUT2D eigenvalue weighted by molar-refractivity contribution is -0.139. The summed E-state index contributed by atoms with van der Waals surface area (Å²) in [5, 5.41) is 2.93. The van der Waals surface area contributed by atoms with Crippen molar-refractivity contribution in [3.63, 3.8) is 0 Å². The molecule has 130 valence electrons. The number of imide groups is 1. The number of carbonyl (C=O) groups excluding carboxylic acids is 3. The van der Waals surface area contributed by atoms with E-state index < -0.39 is 0 Å². The summed E-state index contributed by atoms with van der Waals surface area (Å²) in [6, 6.07) is 10.5. The van der Waals surface area contributed by atoms with Crippen LogP contribution in [-0.4, -0.2) is 22.6 Å². The molecular formula is C18H17ClN2O3S. The van der Waals surface area contributed by atoms with Gasteiger partial charge in [-0.2, -0.15) is 0 Å². The van der Waals surface area contributed by atoms with Crippen LogP contribution in [0.2, 0.25) is 4.34 Å². The Kier molecular flexibility index (Phi) is 5.20. The van der Waals surface area contributed by atoms with E-state index in [1.165, 1.54) is 16.2 Å². The van der Waals surface area contributed by atoms with Gasteiger partial charge in [0.25, 0.3) is 5.91 Å². The molecule has 2 aromatic rings. The first kappa shape index (κ1) is 17.6. The summed E-state index contributed by atoms with van der Waals surface area (Å²) in [5.74, 6) is -0.470. The molecular weight excluding hydrogens is 360 g/mol. The third-order valence-electron chi connectivity index (χ3n) is 4.08. The number of nitrogens with zero attached hydrogens (tertiary/aromatic N) is 1. The van der Waals surface area contributed by atoms with Crippen LogP contribution in [0.3, 0.4) is 0 Å². The fraction of sp³-hybridized carbons (Fsp3) is 0.278. The summed E-state index contributed by atoms with van der Waals surface area (Å²) in [5.41, 5.74) is 1.34. The van der Waals surface area contributed by atoms with Gasteiger partial charge in [0, 0.05) is 23.3 Å². The van der Waals surface area contributed by atoms with Crippen LogP contribution in [-0.2, 0) is 16.1 Å². The number of likely N-dealkylation sites (tertiary alicyclic amines) is 1. The molecule has 1 atom stereocenters. The highest BCUT2D eigenvalue weighted by Crippen LogP contribution is 2.26.